The van der Waals surface area contributed by atoms with E-state index in [-0.39, 0.29) is 10.6 Å². The molecule has 1 amide bonds. The molecule has 0 aliphatic carbocycles. The van der Waals surface area contributed by atoms with Gasteiger partial charge in [-0.25, -0.2) is 12.8 Å². The van der Waals surface area contributed by atoms with Crippen LogP contribution in [-0.2, 0) is 14.8 Å². The number of carbonyl (C=O) groups is 1. The molecule has 0 unspecified atom stereocenters. The minimum Gasteiger partial charge on any atom is -0.322 e. The van der Waals surface area contributed by atoms with Crippen molar-refractivity contribution in [1.29, 1.82) is 0 Å². The standard InChI is InChI=1S/C22H20BrFN2O3S2/c1-15-3-6-17(7-4-15)26(31(28,29)19-10-8-18(30-2)9-11-19)14-22(27)25-21-12-5-16(23)13-20(21)24/h3-13H,14H2,1-2H3,(H,25,27). The lowest BCUT2D eigenvalue weighted by Gasteiger charge is -2.24. The molecule has 0 saturated heterocycles. The first kappa shape index (κ1) is 23.3. The van der Waals surface area contributed by atoms with Gasteiger partial charge in [0.05, 0.1) is 16.3 Å². The summed E-state index contributed by atoms with van der Waals surface area (Å²) in [5.41, 5.74) is 1.26. The summed E-state index contributed by atoms with van der Waals surface area (Å²) in [7, 11) is -4.03. The van der Waals surface area contributed by atoms with E-state index >= 15 is 0 Å². The van der Waals surface area contributed by atoms with Crippen LogP contribution in [0.3, 0.4) is 0 Å². The van der Waals surface area contributed by atoms with Gasteiger partial charge in [0, 0.05) is 9.37 Å². The number of amides is 1. The molecule has 0 heterocycles. The molecular weight excluding hydrogens is 503 g/mol. The zero-order valence-corrected chi connectivity index (χ0v) is 20.0. The lowest BCUT2D eigenvalue weighted by atomic mass is 10.2. The second-order valence-corrected chi connectivity index (χ2v) is 10.4. The van der Waals surface area contributed by atoms with Crippen molar-refractivity contribution < 1.29 is 17.6 Å². The van der Waals surface area contributed by atoms with Gasteiger partial charge in [0.2, 0.25) is 5.91 Å². The van der Waals surface area contributed by atoms with Crippen molar-refractivity contribution >= 4 is 55.0 Å². The van der Waals surface area contributed by atoms with Gasteiger partial charge in [-0.1, -0.05) is 33.6 Å². The van der Waals surface area contributed by atoms with E-state index in [2.05, 4.69) is 21.2 Å². The van der Waals surface area contributed by atoms with Crippen LogP contribution in [0.1, 0.15) is 5.56 Å². The Balaban J connectivity index is 1.94. The van der Waals surface area contributed by atoms with Crippen molar-refractivity contribution in [3.05, 3.63) is 82.6 Å². The first-order valence-corrected chi connectivity index (χ1v) is 12.6. The van der Waals surface area contributed by atoms with Gasteiger partial charge >= 0.3 is 0 Å². The largest absolute Gasteiger partial charge is 0.322 e. The van der Waals surface area contributed by atoms with Gasteiger partial charge in [-0.15, -0.1) is 11.8 Å². The molecular formula is C22H20BrFN2O3S2. The zero-order chi connectivity index (χ0) is 22.6. The molecule has 0 atom stereocenters. The zero-order valence-electron chi connectivity index (χ0n) is 16.8. The molecule has 5 nitrogen and oxygen atoms in total. The lowest BCUT2D eigenvalue weighted by Crippen LogP contribution is -2.38. The van der Waals surface area contributed by atoms with E-state index in [1.54, 1.807) is 42.5 Å². The van der Waals surface area contributed by atoms with Crippen molar-refractivity contribution in [3.8, 4) is 0 Å². The van der Waals surface area contributed by atoms with E-state index in [1.165, 1.54) is 36.0 Å². The maximum atomic E-state index is 14.1. The van der Waals surface area contributed by atoms with E-state index < -0.39 is 28.3 Å². The third kappa shape index (κ3) is 5.66. The molecule has 0 fully saturated rings. The Hall–Kier alpha value is -2.36. The third-order valence-electron chi connectivity index (χ3n) is 4.46. The van der Waals surface area contributed by atoms with Gasteiger partial charge in [-0.05, 0) is 67.8 Å². The number of benzene rings is 3. The van der Waals surface area contributed by atoms with Crippen LogP contribution in [0.2, 0.25) is 0 Å². The van der Waals surface area contributed by atoms with Crippen LogP contribution in [-0.4, -0.2) is 27.1 Å². The molecule has 0 aromatic heterocycles. The number of hydrogen-bond donors (Lipinski definition) is 1. The Morgan fingerprint density at radius 1 is 1.06 bits per heavy atom. The van der Waals surface area contributed by atoms with E-state index in [9.17, 15) is 17.6 Å². The predicted octanol–water partition coefficient (Wildman–Crippen LogP) is 5.45. The number of nitrogens with one attached hydrogen (secondary N) is 1. The van der Waals surface area contributed by atoms with E-state index in [0.717, 1.165) is 14.8 Å². The molecule has 3 aromatic rings. The second-order valence-electron chi connectivity index (χ2n) is 6.70. The second kappa shape index (κ2) is 9.84. The molecule has 0 aliphatic rings. The number of sulfonamides is 1. The van der Waals surface area contributed by atoms with Gasteiger partial charge in [0.1, 0.15) is 12.4 Å². The first-order valence-electron chi connectivity index (χ1n) is 9.19. The van der Waals surface area contributed by atoms with Gasteiger partial charge < -0.3 is 5.32 Å². The van der Waals surface area contributed by atoms with Crippen LogP contribution < -0.4 is 9.62 Å². The molecule has 31 heavy (non-hydrogen) atoms. The van der Waals surface area contributed by atoms with Crippen LogP contribution in [0.25, 0.3) is 0 Å². The molecule has 0 spiro atoms. The lowest BCUT2D eigenvalue weighted by molar-refractivity contribution is -0.114. The predicted molar refractivity (Wildman–Crippen MR) is 127 cm³/mol. The Morgan fingerprint density at radius 2 is 1.71 bits per heavy atom. The summed E-state index contributed by atoms with van der Waals surface area (Å²) in [6.07, 6.45) is 1.90. The molecule has 3 aromatic carbocycles. The number of halogens is 2. The van der Waals surface area contributed by atoms with E-state index in [1.807, 2.05) is 13.2 Å². The molecule has 0 radical (unpaired) electrons. The maximum absolute atomic E-state index is 14.1. The smallest absolute Gasteiger partial charge is 0.264 e. The average molecular weight is 523 g/mol. The number of rotatable bonds is 7. The van der Waals surface area contributed by atoms with Gasteiger partial charge in [0.25, 0.3) is 10.0 Å². The van der Waals surface area contributed by atoms with E-state index in [0.29, 0.717) is 10.2 Å². The van der Waals surface area contributed by atoms with Crippen molar-refractivity contribution in [3.63, 3.8) is 0 Å². The summed E-state index contributed by atoms with van der Waals surface area (Å²) < 4.78 is 42.4. The average Bonchev–Trinajstić information content (AvgIpc) is 2.75. The fraction of sp³-hybridized carbons (Fsp3) is 0.136. The van der Waals surface area contributed by atoms with Gasteiger partial charge in [0.15, 0.2) is 0 Å². The number of thioether (sulfide) groups is 1. The minimum absolute atomic E-state index is 0.0289. The van der Waals surface area contributed by atoms with Crippen LogP contribution in [0.15, 0.2) is 81.0 Å². The van der Waals surface area contributed by atoms with Crippen LogP contribution in [0.4, 0.5) is 15.8 Å². The van der Waals surface area contributed by atoms with Crippen molar-refractivity contribution in [2.24, 2.45) is 0 Å². The Bertz CT molecular complexity index is 1180. The number of carbonyl (C=O) groups excluding carboxylic acids is 1. The summed E-state index contributed by atoms with van der Waals surface area (Å²) >= 11 is 4.66. The summed E-state index contributed by atoms with van der Waals surface area (Å²) in [6.45, 7) is 1.37. The summed E-state index contributed by atoms with van der Waals surface area (Å²) in [5.74, 6) is -1.29. The minimum atomic E-state index is -4.03. The highest BCUT2D eigenvalue weighted by atomic mass is 79.9. The number of anilines is 2. The summed E-state index contributed by atoms with van der Waals surface area (Å²) in [5, 5.41) is 2.45. The molecule has 9 heteroatoms. The quantitative estimate of drug-likeness (QED) is 0.418. The molecule has 162 valence electrons. The van der Waals surface area contributed by atoms with Crippen LogP contribution in [0, 0.1) is 12.7 Å². The van der Waals surface area contributed by atoms with Crippen molar-refractivity contribution in [1.82, 2.24) is 0 Å². The highest BCUT2D eigenvalue weighted by Crippen LogP contribution is 2.26. The van der Waals surface area contributed by atoms with Gasteiger partial charge in [-0.2, -0.15) is 0 Å². The number of aryl methyl sites for hydroxylation is 1. The summed E-state index contributed by atoms with van der Waals surface area (Å²) in [6, 6.07) is 17.4. The Labute approximate surface area is 193 Å². The normalized spacial score (nSPS) is 11.2. The van der Waals surface area contributed by atoms with Gasteiger partial charge in [-0.3, -0.25) is 9.10 Å². The molecule has 1 N–H and O–H groups in total. The highest BCUT2D eigenvalue weighted by molar-refractivity contribution is 9.10. The fourth-order valence-electron chi connectivity index (χ4n) is 2.81. The summed E-state index contributed by atoms with van der Waals surface area (Å²) in [4.78, 5) is 13.7. The third-order valence-corrected chi connectivity index (χ3v) is 7.49. The maximum Gasteiger partial charge on any atom is 0.264 e. The highest BCUT2D eigenvalue weighted by Gasteiger charge is 2.27. The SMILES string of the molecule is CSc1ccc(S(=O)(=O)N(CC(=O)Nc2ccc(Br)cc2F)c2ccc(C)cc2)cc1. The Kier molecular flexibility index (Phi) is 7.40. The molecule has 0 bridgehead atoms. The Morgan fingerprint density at radius 3 is 2.29 bits per heavy atom. The molecule has 0 saturated carbocycles. The molecule has 0 aliphatic heterocycles. The van der Waals surface area contributed by atoms with Crippen LogP contribution >= 0.6 is 27.7 Å². The van der Waals surface area contributed by atoms with Crippen LogP contribution in [0.5, 0.6) is 0 Å². The topological polar surface area (TPSA) is 66.5 Å². The molecule has 3 rings (SSSR count). The number of nitrogens with zero attached hydrogens (tertiary/aromatic N) is 1. The van der Waals surface area contributed by atoms with E-state index in [4.69, 9.17) is 0 Å². The number of hydrogen-bond acceptors (Lipinski definition) is 4. The first-order chi connectivity index (χ1) is 14.7. The monoisotopic (exact) mass is 522 g/mol. The van der Waals surface area contributed by atoms with Crippen molar-refractivity contribution in [2.45, 2.75) is 16.7 Å². The van der Waals surface area contributed by atoms with Crippen molar-refractivity contribution in [2.75, 3.05) is 22.4 Å². The fourth-order valence-corrected chi connectivity index (χ4v) is 4.97.